The van der Waals surface area contributed by atoms with E-state index >= 15 is 0 Å². The molecule has 0 aliphatic rings. The molecule has 0 bridgehead atoms. The Morgan fingerprint density at radius 1 is 1.21 bits per heavy atom. The minimum atomic E-state index is -0.300. The molecule has 106 valence electrons. The summed E-state index contributed by atoms with van der Waals surface area (Å²) in [5.41, 5.74) is 6.17. The molecule has 1 atom stereocenters. The summed E-state index contributed by atoms with van der Waals surface area (Å²) < 4.78 is 0. The Morgan fingerprint density at radius 2 is 1.74 bits per heavy atom. The van der Waals surface area contributed by atoms with Crippen LogP contribution in [0.1, 0.15) is 41.2 Å². The van der Waals surface area contributed by atoms with Crippen molar-refractivity contribution in [3.8, 4) is 0 Å². The van der Waals surface area contributed by atoms with Crippen LogP contribution in [0, 0.1) is 33.6 Å². The Balaban J connectivity index is 2.87. The minimum Gasteiger partial charge on any atom is -0.396 e. The predicted octanol–water partition coefficient (Wildman–Crippen LogP) is 2.55. The van der Waals surface area contributed by atoms with E-state index in [1.807, 2.05) is 6.92 Å². The summed E-state index contributed by atoms with van der Waals surface area (Å²) >= 11 is 0. The van der Waals surface area contributed by atoms with Gasteiger partial charge in [0.05, 0.1) is 12.5 Å². The van der Waals surface area contributed by atoms with E-state index in [1.165, 1.54) is 27.8 Å². The fourth-order valence-corrected chi connectivity index (χ4v) is 2.28. The van der Waals surface area contributed by atoms with Gasteiger partial charge in [-0.15, -0.1) is 0 Å². The van der Waals surface area contributed by atoms with Crippen LogP contribution in [-0.2, 0) is 11.3 Å². The molecule has 0 spiro atoms. The van der Waals surface area contributed by atoms with Crippen LogP contribution < -0.4 is 5.32 Å². The lowest BCUT2D eigenvalue weighted by Crippen LogP contribution is -2.32. The quantitative estimate of drug-likeness (QED) is 0.857. The maximum Gasteiger partial charge on any atom is 0.225 e. The second-order valence-electron chi connectivity index (χ2n) is 5.24. The van der Waals surface area contributed by atoms with Gasteiger partial charge in [-0.25, -0.2) is 0 Å². The van der Waals surface area contributed by atoms with Gasteiger partial charge in [-0.1, -0.05) is 13.0 Å². The number of aliphatic hydroxyl groups is 1. The molecule has 0 aliphatic carbocycles. The molecule has 1 aromatic rings. The van der Waals surface area contributed by atoms with Gasteiger partial charge in [0.15, 0.2) is 0 Å². The normalized spacial score (nSPS) is 12.3. The van der Waals surface area contributed by atoms with Crippen LogP contribution in [0.4, 0.5) is 0 Å². The number of benzene rings is 1. The third kappa shape index (κ3) is 3.57. The van der Waals surface area contributed by atoms with Crippen molar-refractivity contribution in [1.29, 1.82) is 0 Å². The van der Waals surface area contributed by atoms with Gasteiger partial charge in [0.25, 0.3) is 0 Å². The van der Waals surface area contributed by atoms with E-state index < -0.39 is 0 Å². The van der Waals surface area contributed by atoms with E-state index in [1.54, 1.807) is 0 Å². The summed E-state index contributed by atoms with van der Waals surface area (Å²) in [5.74, 6) is -0.366. The summed E-state index contributed by atoms with van der Waals surface area (Å²) in [5, 5.41) is 12.1. The molecular formula is C16H25NO2. The van der Waals surface area contributed by atoms with Crippen LogP contribution in [0.2, 0.25) is 0 Å². The van der Waals surface area contributed by atoms with Crippen LogP contribution >= 0.6 is 0 Å². The number of rotatable bonds is 5. The zero-order chi connectivity index (χ0) is 14.6. The van der Waals surface area contributed by atoms with Crippen molar-refractivity contribution in [3.63, 3.8) is 0 Å². The topological polar surface area (TPSA) is 49.3 Å². The van der Waals surface area contributed by atoms with E-state index in [4.69, 9.17) is 5.11 Å². The molecule has 0 heterocycles. The summed E-state index contributed by atoms with van der Waals surface area (Å²) in [6, 6.07) is 2.18. The zero-order valence-corrected chi connectivity index (χ0v) is 12.6. The van der Waals surface area contributed by atoms with E-state index in [9.17, 15) is 4.79 Å². The van der Waals surface area contributed by atoms with Crippen molar-refractivity contribution in [2.45, 2.75) is 47.6 Å². The van der Waals surface area contributed by atoms with E-state index in [0.29, 0.717) is 13.0 Å². The average molecular weight is 263 g/mol. The lowest BCUT2D eigenvalue weighted by atomic mass is 9.94. The molecule has 1 unspecified atom stereocenters. The molecule has 0 aromatic heterocycles. The second-order valence-corrected chi connectivity index (χ2v) is 5.24. The van der Waals surface area contributed by atoms with Gasteiger partial charge in [-0.3, -0.25) is 4.79 Å². The molecule has 1 aromatic carbocycles. The summed E-state index contributed by atoms with van der Waals surface area (Å²) in [6.07, 6.45) is 0.660. The number of carbonyl (C=O) groups excluding carboxylic acids is 1. The number of hydrogen-bond donors (Lipinski definition) is 2. The molecule has 0 fully saturated rings. The SMILES string of the molecule is CCC(CO)C(=O)NCc1c(C)c(C)cc(C)c1C. The highest BCUT2D eigenvalue weighted by Gasteiger charge is 2.16. The Hall–Kier alpha value is -1.35. The monoisotopic (exact) mass is 263 g/mol. The smallest absolute Gasteiger partial charge is 0.225 e. The highest BCUT2D eigenvalue weighted by Crippen LogP contribution is 2.21. The fraction of sp³-hybridized carbons (Fsp3) is 0.562. The Kier molecular flexibility index (Phi) is 5.55. The van der Waals surface area contributed by atoms with Gasteiger partial charge in [0.2, 0.25) is 5.91 Å². The summed E-state index contributed by atoms with van der Waals surface area (Å²) in [7, 11) is 0. The highest BCUT2D eigenvalue weighted by atomic mass is 16.3. The fourth-order valence-electron chi connectivity index (χ4n) is 2.28. The van der Waals surface area contributed by atoms with Crippen LogP contribution in [-0.4, -0.2) is 17.6 Å². The second kappa shape index (κ2) is 6.71. The molecule has 0 saturated heterocycles. The maximum absolute atomic E-state index is 11.9. The van der Waals surface area contributed by atoms with Crippen LogP contribution in [0.25, 0.3) is 0 Å². The van der Waals surface area contributed by atoms with Crippen LogP contribution in [0.15, 0.2) is 6.07 Å². The Labute approximate surface area is 116 Å². The van der Waals surface area contributed by atoms with Gasteiger partial charge < -0.3 is 10.4 Å². The van der Waals surface area contributed by atoms with Crippen LogP contribution in [0.5, 0.6) is 0 Å². The lowest BCUT2D eigenvalue weighted by Gasteiger charge is -2.17. The Morgan fingerprint density at radius 3 is 2.16 bits per heavy atom. The zero-order valence-electron chi connectivity index (χ0n) is 12.6. The first-order valence-corrected chi connectivity index (χ1v) is 6.87. The molecule has 3 heteroatoms. The third-order valence-electron chi connectivity index (χ3n) is 4.04. The first-order chi connectivity index (χ1) is 8.92. The molecule has 0 aliphatic heterocycles. The molecule has 1 rings (SSSR count). The lowest BCUT2D eigenvalue weighted by molar-refractivity contribution is -0.126. The first kappa shape index (κ1) is 15.7. The van der Waals surface area contributed by atoms with Crippen molar-refractivity contribution in [2.75, 3.05) is 6.61 Å². The van der Waals surface area contributed by atoms with E-state index in [0.717, 1.165) is 0 Å². The molecule has 1 amide bonds. The van der Waals surface area contributed by atoms with Crippen molar-refractivity contribution in [1.82, 2.24) is 5.32 Å². The molecule has 19 heavy (non-hydrogen) atoms. The van der Waals surface area contributed by atoms with Crippen molar-refractivity contribution < 1.29 is 9.90 Å². The third-order valence-corrected chi connectivity index (χ3v) is 4.04. The molecule has 0 radical (unpaired) electrons. The van der Waals surface area contributed by atoms with Crippen LogP contribution in [0.3, 0.4) is 0 Å². The number of aliphatic hydroxyl groups excluding tert-OH is 1. The van der Waals surface area contributed by atoms with Gasteiger partial charge in [-0.05, 0) is 61.9 Å². The summed E-state index contributed by atoms with van der Waals surface area (Å²) in [6.45, 7) is 10.7. The van der Waals surface area contributed by atoms with Gasteiger partial charge in [0, 0.05) is 6.54 Å². The maximum atomic E-state index is 11.9. The van der Waals surface area contributed by atoms with Gasteiger partial charge >= 0.3 is 0 Å². The average Bonchev–Trinajstić information content (AvgIpc) is 2.38. The molecule has 3 nitrogen and oxygen atoms in total. The standard InChI is InChI=1S/C16H25NO2/c1-6-14(9-18)16(19)17-8-15-12(4)10(2)7-11(3)13(15)5/h7,14,18H,6,8-9H2,1-5H3,(H,17,19). The summed E-state index contributed by atoms with van der Waals surface area (Å²) in [4.78, 5) is 11.9. The van der Waals surface area contributed by atoms with E-state index in [2.05, 4.69) is 39.1 Å². The van der Waals surface area contributed by atoms with Crippen molar-refractivity contribution in [2.24, 2.45) is 5.92 Å². The number of aryl methyl sites for hydroxylation is 2. The number of hydrogen-bond acceptors (Lipinski definition) is 2. The van der Waals surface area contributed by atoms with Crippen molar-refractivity contribution >= 4 is 5.91 Å². The Bertz CT molecular complexity index is 436. The number of amides is 1. The van der Waals surface area contributed by atoms with E-state index in [-0.39, 0.29) is 18.4 Å². The largest absolute Gasteiger partial charge is 0.396 e. The number of carbonyl (C=O) groups is 1. The van der Waals surface area contributed by atoms with Gasteiger partial charge in [0.1, 0.15) is 0 Å². The highest BCUT2D eigenvalue weighted by molar-refractivity contribution is 5.78. The number of nitrogens with one attached hydrogen (secondary N) is 1. The van der Waals surface area contributed by atoms with Crippen molar-refractivity contribution in [3.05, 3.63) is 33.9 Å². The first-order valence-electron chi connectivity index (χ1n) is 6.87. The molecule has 0 saturated carbocycles. The minimum absolute atomic E-state index is 0.0667. The van der Waals surface area contributed by atoms with Gasteiger partial charge in [-0.2, -0.15) is 0 Å². The molecule has 2 N–H and O–H groups in total. The predicted molar refractivity (Wildman–Crippen MR) is 78.1 cm³/mol. The molecular weight excluding hydrogens is 238 g/mol.